The first-order valence-corrected chi connectivity index (χ1v) is 5.79. The zero-order valence-electron chi connectivity index (χ0n) is 8.55. The Bertz CT molecular complexity index is 148. The molecule has 0 aliphatic heterocycles. The summed E-state index contributed by atoms with van der Waals surface area (Å²) in [5.74, 6) is 4.28. The molecular weight excluding hydrogens is 144 g/mol. The van der Waals surface area contributed by atoms with E-state index < -0.39 is 0 Å². The Morgan fingerprint density at radius 1 is 0.917 bits per heavy atom. The summed E-state index contributed by atoms with van der Waals surface area (Å²) in [5, 5.41) is 0. The molecule has 0 saturated heterocycles. The van der Waals surface area contributed by atoms with Crippen LogP contribution in [0, 0.1) is 23.7 Å². The second-order valence-electron chi connectivity index (χ2n) is 5.19. The third kappa shape index (κ3) is 1.41. The van der Waals surface area contributed by atoms with Crippen LogP contribution in [0.2, 0.25) is 0 Å². The minimum absolute atomic E-state index is 0.943. The standard InChI is InChI=1S/C12H22/c1-9(2)11-8-7-10-5-3-4-6-12(10)11/h9-12H,3-8H2,1-2H3/t10-,11+,12+/m1/s1. The van der Waals surface area contributed by atoms with Crippen LogP contribution in [-0.2, 0) is 0 Å². The van der Waals surface area contributed by atoms with Crippen molar-refractivity contribution in [2.24, 2.45) is 23.7 Å². The van der Waals surface area contributed by atoms with Gasteiger partial charge in [0.2, 0.25) is 0 Å². The molecule has 2 saturated carbocycles. The number of hydrogen-bond donors (Lipinski definition) is 0. The van der Waals surface area contributed by atoms with Crippen LogP contribution in [0.4, 0.5) is 0 Å². The van der Waals surface area contributed by atoms with E-state index in [0.29, 0.717) is 0 Å². The molecular formula is C12H22. The van der Waals surface area contributed by atoms with Crippen LogP contribution in [0.3, 0.4) is 0 Å². The summed E-state index contributed by atoms with van der Waals surface area (Å²) in [4.78, 5) is 0. The van der Waals surface area contributed by atoms with Crippen LogP contribution < -0.4 is 0 Å². The van der Waals surface area contributed by atoms with Crippen LogP contribution in [0.25, 0.3) is 0 Å². The molecule has 0 nitrogen and oxygen atoms in total. The second-order valence-corrected chi connectivity index (χ2v) is 5.19. The van der Waals surface area contributed by atoms with Crippen molar-refractivity contribution >= 4 is 0 Å². The van der Waals surface area contributed by atoms with Crippen molar-refractivity contribution in [2.45, 2.75) is 52.4 Å². The molecule has 2 fully saturated rings. The van der Waals surface area contributed by atoms with E-state index in [9.17, 15) is 0 Å². The van der Waals surface area contributed by atoms with Gasteiger partial charge in [0.05, 0.1) is 0 Å². The number of fused-ring (bicyclic) bond motifs is 1. The second kappa shape index (κ2) is 3.40. The maximum Gasteiger partial charge on any atom is -0.0355 e. The van der Waals surface area contributed by atoms with Gasteiger partial charge in [0.15, 0.2) is 0 Å². The number of rotatable bonds is 1. The molecule has 2 aliphatic carbocycles. The Morgan fingerprint density at radius 2 is 1.67 bits per heavy atom. The summed E-state index contributed by atoms with van der Waals surface area (Å²) in [6.07, 6.45) is 9.22. The molecule has 0 aromatic carbocycles. The van der Waals surface area contributed by atoms with E-state index >= 15 is 0 Å². The normalized spacial score (nSPS) is 41.8. The molecule has 2 aliphatic rings. The SMILES string of the molecule is CC(C)[C@@H]1CC[C@H]2CCCC[C@@H]21. The smallest absolute Gasteiger partial charge is 0.0355 e. The summed E-state index contributed by atoms with van der Waals surface area (Å²) >= 11 is 0. The average Bonchev–Trinajstić information content (AvgIpc) is 2.47. The van der Waals surface area contributed by atoms with Gasteiger partial charge in [-0.25, -0.2) is 0 Å². The van der Waals surface area contributed by atoms with Crippen LogP contribution in [0.5, 0.6) is 0 Å². The highest BCUT2D eigenvalue weighted by Crippen LogP contribution is 2.48. The highest BCUT2D eigenvalue weighted by molar-refractivity contribution is 4.88. The van der Waals surface area contributed by atoms with Gasteiger partial charge in [0, 0.05) is 0 Å². The summed E-state index contributed by atoms with van der Waals surface area (Å²) in [6, 6.07) is 0. The predicted octanol–water partition coefficient (Wildman–Crippen LogP) is 3.86. The van der Waals surface area contributed by atoms with Gasteiger partial charge in [-0.2, -0.15) is 0 Å². The third-order valence-electron chi connectivity index (χ3n) is 4.24. The third-order valence-corrected chi connectivity index (χ3v) is 4.24. The van der Waals surface area contributed by atoms with Crippen molar-refractivity contribution < 1.29 is 0 Å². The van der Waals surface area contributed by atoms with Gasteiger partial charge in [-0.3, -0.25) is 0 Å². The zero-order chi connectivity index (χ0) is 8.55. The fraction of sp³-hybridized carbons (Fsp3) is 1.00. The lowest BCUT2D eigenvalue weighted by molar-refractivity contribution is 0.193. The Labute approximate surface area is 76.7 Å². The molecule has 12 heavy (non-hydrogen) atoms. The van der Waals surface area contributed by atoms with Gasteiger partial charge in [-0.05, 0) is 42.9 Å². The lowest BCUT2D eigenvalue weighted by Crippen LogP contribution is -2.22. The Morgan fingerprint density at radius 3 is 2.42 bits per heavy atom. The summed E-state index contributed by atoms with van der Waals surface area (Å²) < 4.78 is 0. The maximum absolute atomic E-state index is 2.42. The summed E-state index contributed by atoms with van der Waals surface area (Å²) in [6.45, 7) is 4.84. The van der Waals surface area contributed by atoms with E-state index in [1.54, 1.807) is 19.3 Å². The van der Waals surface area contributed by atoms with Gasteiger partial charge >= 0.3 is 0 Å². The Balaban J connectivity index is 2.01. The van der Waals surface area contributed by atoms with Crippen LogP contribution >= 0.6 is 0 Å². The van der Waals surface area contributed by atoms with Crippen molar-refractivity contribution in [3.63, 3.8) is 0 Å². The van der Waals surface area contributed by atoms with E-state index in [4.69, 9.17) is 0 Å². The maximum atomic E-state index is 2.42. The quantitative estimate of drug-likeness (QED) is 0.555. The van der Waals surface area contributed by atoms with E-state index in [1.165, 1.54) is 19.3 Å². The number of hydrogen-bond acceptors (Lipinski definition) is 0. The molecule has 0 N–H and O–H groups in total. The van der Waals surface area contributed by atoms with Crippen LogP contribution in [-0.4, -0.2) is 0 Å². The average molecular weight is 166 g/mol. The largest absolute Gasteiger partial charge is 0.0625 e. The molecule has 0 bridgehead atoms. The monoisotopic (exact) mass is 166 g/mol. The molecule has 2 rings (SSSR count). The summed E-state index contributed by atoms with van der Waals surface area (Å²) in [7, 11) is 0. The minimum Gasteiger partial charge on any atom is -0.0625 e. The van der Waals surface area contributed by atoms with E-state index in [2.05, 4.69) is 13.8 Å². The molecule has 0 radical (unpaired) electrons. The first-order valence-electron chi connectivity index (χ1n) is 5.79. The highest BCUT2D eigenvalue weighted by atomic mass is 14.4. The van der Waals surface area contributed by atoms with Gasteiger partial charge in [0.25, 0.3) is 0 Å². The van der Waals surface area contributed by atoms with Gasteiger partial charge in [0.1, 0.15) is 0 Å². The van der Waals surface area contributed by atoms with Crippen molar-refractivity contribution in [3.8, 4) is 0 Å². The molecule has 70 valence electrons. The van der Waals surface area contributed by atoms with Gasteiger partial charge in [-0.1, -0.05) is 33.1 Å². The highest BCUT2D eigenvalue weighted by Gasteiger charge is 2.38. The predicted molar refractivity (Wildman–Crippen MR) is 53.0 cm³/mol. The van der Waals surface area contributed by atoms with Crippen LogP contribution in [0.1, 0.15) is 52.4 Å². The van der Waals surface area contributed by atoms with Crippen molar-refractivity contribution in [1.29, 1.82) is 0 Å². The fourth-order valence-corrected chi connectivity index (χ4v) is 3.61. The summed E-state index contributed by atoms with van der Waals surface area (Å²) in [5.41, 5.74) is 0. The molecule has 3 atom stereocenters. The first-order chi connectivity index (χ1) is 5.79. The van der Waals surface area contributed by atoms with Gasteiger partial charge in [-0.15, -0.1) is 0 Å². The lowest BCUT2D eigenvalue weighted by atomic mass is 9.75. The van der Waals surface area contributed by atoms with E-state index in [1.807, 2.05) is 0 Å². The van der Waals surface area contributed by atoms with E-state index in [0.717, 1.165) is 23.7 Å². The molecule has 0 unspecified atom stereocenters. The fourth-order valence-electron chi connectivity index (χ4n) is 3.61. The topological polar surface area (TPSA) is 0 Å². The van der Waals surface area contributed by atoms with Gasteiger partial charge < -0.3 is 0 Å². The molecule has 0 heterocycles. The lowest BCUT2D eigenvalue weighted by Gasteiger charge is -2.31. The van der Waals surface area contributed by atoms with Crippen LogP contribution in [0.15, 0.2) is 0 Å². The molecule has 0 spiro atoms. The Kier molecular flexibility index (Phi) is 2.43. The first kappa shape index (κ1) is 8.59. The molecule has 0 aromatic heterocycles. The Hall–Kier alpha value is 0. The minimum atomic E-state index is 0.943. The molecule has 0 aromatic rings. The van der Waals surface area contributed by atoms with Crippen molar-refractivity contribution in [3.05, 3.63) is 0 Å². The van der Waals surface area contributed by atoms with E-state index in [-0.39, 0.29) is 0 Å². The molecule has 0 heteroatoms. The van der Waals surface area contributed by atoms with Crippen molar-refractivity contribution in [1.82, 2.24) is 0 Å². The van der Waals surface area contributed by atoms with Crippen molar-refractivity contribution in [2.75, 3.05) is 0 Å². The molecule has 0 amide bonds. The zero-order valence-corrected chi connectivity index (χ0v) is 8.55.